The van der Waals surface area contributed by atoms with Crippen molar-refractivity contribution in [2.45, 2.75) is 26.2 Å². The molecule has 0 spiro atoms. The minimum absolute atomic E-state index is 0.0301. The molecule has 0 radical (unpaired) electrons. The standard InChI is InChI=1S/C29H22N6O2/c1-19-4-5-21(13-24(19)16-27-32-12-10-25(33-27)23-3-2-11-31-18-23)14-26(36)22-8-6-20(7-9-22)15-28-34-29(17-30)37-35-28/h2-13,18H,14-16H2,1H3. The number of pyridine rings is 1. The summed E-state index contributed by atoms with van der Waals surface area (Å²) < 4.78 is 4.81. The number of nitriles is 1. The Kier molecular flexibility index (Phi) is 6.86. The molecule has 0 saturated carbocycles. The molecule has 0 bridgehead atoms. The molecule has 0 fully saturated rings. The molecule has 0 aliphatic heterocycles. The Morgan fingerprint density at radius 1 is 0.946 bits per heavy atom. The zero-order valence-electron chi connectivity index (χ0n) is 20.1. The Balaban J connectivity index is 1.27. The number of rotatable bonds is 8. The Labute approximate surface area is 213 Å². The average molecular weight is 487 g/mol. The van der Waals surface area contributed by atoms with Gasteiger partial charge in [-0.1, -0.05) is 47.6 Å². The van der Waals surface area contributed by atoms with Gasteiger partial charge in [-0.15, -0.1) is 0 Å². The second-order valence-corrected chi connectivity index (χ2v) is 8.64. The van der Waals surface area contributed by atoms with Gasteiger partial charge in [0.05, 0.1) is 5.69 Å². The first kappa shape index (κ1) is 23.7. The molecule has 8 heteroatoms. The molecule has 5 aromatic rings. The van der Waals surface area contributed by atoms with Gasteiger partial charge in [0.15, 0.2) is 17.7 Å². The fourth-order valence-electron chi connectivity index (χ4n) is 4.00. The van der Waals surface area contributed by atoms with Crippen LogP contribution in [-0.4, -0.2) is 30.9 Å². The number of Topliss-reactive ketones (excluding diaryl/α,β-unsaturated/α-hetero) is 1. The SMILES string of the molecule is Cc1ccc(CC(=O)c2ccc(Cc3noc(C#N)n3)cc2)cc1Cc1nccc(-c2cccnc2)n1. The van der Waals surface area contributed by atoms with Crippen LogP contribution in [0.3, 0.4) is 0 Å². The summed E-state index contributed by atoms with van der Waals surface area (Å²) in [5, 5.41) is 12.6. The number of aryl methyl sites for hydroxylation is 1. The average Bonchev–Trinajstić information content (AvgIpc) is 3.39. The van der Waals surface area contributed by atoms with Crippen molar-refractivity contribution < 1.29 is 9.32 Å². The van der Waals surface area contributed by atoms with Crippen molar-refractivity contribution in [1.82, 2.24) is 25.1 Å². The van der Waals surface area contributed by atoms with Crippen LogP contribution in [0.15, 0.2) is 83.8 Å². The van der Waals surface area contributed by atoms with Crippen LogP contribution >= 0.6 is 0 Å². The maximum Gasteiger partial charge on any atom is 0.329 e. The maximum absolute atomic E-state index is 13.0. The lowest BCUT2D eigenvalue weighted by Crippen LogP contribution is -2.06. The van der Waals surface area contributed by atoms with E-state index in [2.05, 4.69) is 26.2 Å². The van der Waals surface area contributed by atoms with Gasteiger partial charge in [0.2, 0.25) is 0 Å². The lowest BCUT2D eigenvalue weighted by atomic mass is 9.97. The van der Waals surface area contributed by atoms with Gasteiger partial charge in [0.1, 0.15) is 5.82 Å². The van der Waals surface area contributed by atoms with Crippen molar-refractivity contribution in [2.75, 3.05) is 0 Å². The van der Waals surface area contributed by atoms with Crippen molar-refractivity contribution in [3.63, 3.8) is 0 Å². The van der Waals surface area contributed by atoms with E-state index in [0.29, 0.717) is 36.5 Å². The van der Waals surface area contributed by atoms with Crippen molar-refractivity contribution >= 4 is 5.78 Å². The van der Waals surface area contributed by atoms with Gasteiger partial charge in [-0.2, -0.15) is 10.2 Å². The third-order valence-corrected chi connectivity index (χ3v) is 5.99. The van der Waals surface area contributed by atoms with E-state index in [1.165, 1.54) is 0 Å². The molecule has 0 saturated heterocycles. The first-order valence-electron chi connectivity index (χ1n) is 11.7. The molecule has 0 amide bonds. The smallest absolute Gasteiger partial charge is 0.323 e. The van der Waals surface area contributed by atoms with Gasteiger partial charge in [0, 0.05) is 49.0 Å². The number of benzene rings is 2. The van der Waals surface area contributed by atoms with Gasteiger partial charge >= 0.3 is 5.89 Å². The highest BCUT2D eigenvalue weighted by molar-refractivity contribution is 5.97. The van der Waals surface area contributed by atoms with Crippen LogP contribution in [0.1, 0.15) is 50.2 Å². The molecule has 8 nitrogen and oxygen atoms in total. The zero-order valence-corrected chi connectivity index (χ0v) is 20.1. The van der Waals surface area contributed by atoms with Crippen LogP contribution in [0.4, 0.5) is 0 Å². The summed E-state index contributed by atoms with van der Waals surface area (Å²) in [7, 11) is 0. The van der Waals surface area contributed by atoms with Crippen LogP contribution in [0.25, 0.3) is 11.3 Å². The molecule has 5 rings (SSSR count). The fourth-order valence-corrected chi connectivity index (χ4v) is 4.00. The molecule has 2 aromatic carbocycles. The zero-order chi connectivity index (χ0) is 25.6. The maximum atomic E-state index is 13.0. The molecule has 0 aliphatic carbocycles. The number of carbonyl (C=O) groups excluding carboxylic acids is 1. The van der Waals surface area contributed by atoms with Crippen molar-refractivity contribution in [1.29, 1.82) is 5.26 Å². The third kappa shape index (κ3) is 5.80. The van der Waals surface area contributed by atoms with Crippen molar-refractivity contribution in [3.05, 3.63) is 125 Å². The summed E-state index contributed by atoms with van der Waals surface area (Å²) in [6, 6.07) is 21.0. The largest absolute Gasteiger partial charge is 0.329 e. The molecule has 0 unspecified atom stereocenters. The molecular weight excluding hydrogens is 464 g/mol. The molecule has 0 aliphatic rings. The minimum atomic E-state index is -0.0629. The number of ketones is 1. The number of hydrogen-bond donors (Lipinski definition) is 0. The highest BCUT2D eigenvalue weighted by Gasteiger charge is 2.12. The quantitative estimate of drug-likeness (QED) is 0.289. The van der Waals surface area contributed by atoms with Crippen LogP contribution in [0, 0.1) is 18.3 Å². The van der Waals surface area contributed by atoms with Crippen LogP contribution < -0.4 is 0 Å². The summed E-state index contributed by atoms with van der Waals surface area (Å²) in [6.45, 7) is 2.05. The van der Waals surface area contributed by atoms with Crippen LogP contribution in [-0.2, 0) is 19.3 Å². The van der Waals surface area contributed by atoms with E-state index in [4.69, 9.17) is 14.8 Å². The van der Waals surface area contributed by atoms with E-state index in [9.17, 15) is 4.79 Å². The Morgan fingerprint density at radius 3 is 2.54 bits per heavy atom. The van der Waals surface area contributed by atoms with E-state index in [1.807, 2.05) is 55.5 Å². The monoisotopic (exact) mass is 486 g/mol. The summed E-state index contributed by atoms with van der Waals surface area (Å²) >= 11 is 0. The van der Waals surface area contributed by atoms with E-state index in [1.54, 1.807) is 30.7 Å². The van der Waals surface area contributed by atoms with E-state index in [-0.39, 0.29) is 11.7 Å². The van der Waals surface area contributed by atoms with Crippen LogP contribution in [0.2, 0.25) is 0 Å². The lowest BCUT2D eigenvalue weighted by molar-refractivity contribution is 0.0993. The number of hydrogen-bond acceptors (Lipinski definition) is 8. The van der Waals surface area contributed by atoms with Gasteiger partial charge in [-0.3, -0.25) is 9.78 Å². The molecule has 3 heterocycles. The Hall–Kier alpha value is -5.03. The highest BCUT2D eigenvalue weighted by atomic mass is 16.5. The first-order chi connectivity index (χ1) is 18.1. The van der Waals surface area contributed by atoms with E-state index < -0.39 is 0 Å². The number of carbonyl (C=O) groups is 1. The second kappa shape index (κ2) is 10.7. The topological polar surface area (TPSA) is 118 Å². The summed E-state index contributed by atoms with van der Waals surface area (Å²) in [5.41, 5.74) is 6.47. The Bertz CT molecular complexity index is 1590. The number of nitrogens with zero attached hydrogens (tertiary/aromatic N) is 6. The Morgan fingerprint density at radius 2 is 1.78 bits per heavy atom. The number of aromatic nitrogens is 5. The van der Waals surface area contributed by atoms with Gasteiger partial charge in [-0.25, -0.2) is 9.97 Å². The molecule has 3 aromatic heterocycles. The third-order valence-electron chi connectivity index (χ3n) is 5.99. The fraction of sp³-hybridized carbons (Fsp3) is 0.138. The summed E-state index contributed by atoms with van der Waals surface area (Å²) in [4.78, 5) is 30.3. The first-order valence-corrected chi connectivity index (χ1v) is 11.7. The van der Waals surface area contributed by atoms with Gasteiger partial charge < -0.3 is 4.52 Å². The predicted octanol–water partition coefficient (Wildman–Crippen LogP) is 4.71. The van der Waals surface area contributed by atoms with E-state index >= 15 is 0 Å². The molecule has 180 valence electrons. The predicted molar refractivity (Wildman–Crippen MR) is 136 cm³/mol. The molecule has 0 N–H and O–H groups in total. The highest BCUT2D eigenvalue weighted by Crippen LogP contribution is 2.19. The van der Waals surface area contributed by atoms with Crippen LogP contribution in [0.5, 0.6) is 0 Å². The van der Waals surface area contributed by atoms with E-state index in [0.717, 1.165) is 33.5 Å². The summed E-state index contributed by atoms with van der Waals surface area (Å²) in [5.74, 6) is 1.11. The summed E-state index contributed by atoms with van der Waals surface area (Å²) in [6.07, 6.45) is 6.56. The molecule has 37 heavy (non-hydrogen) atoms. The normalized spacial score (nSPS) is 10.7. The molecular formula is C29H22N6O2. The van der Waals surface area contributed by atoms with Gasteiger partial charge in [-0.05, 0) is 47.4 Å². The lowest BCUT2D eigenvalue weighted by Gasteiger charge is -2.10. The molecule has 0 atom stereocenters. The van der Waals surface area contributed by atoms with Crippen molar-refractivity contribution in [3.8, 4) is 17.3 Å². The van der Waals surface area contributed by atoms with Gasteiger partial charge in [0.25, 0.3) is 0 Å². The minimum Gasteiger partial charge on any atom is -0.323 e. The van der Waals surface area contributed by atoms with Crippen molar-refractivity contribution in [2.24, 2.45) is 0 Å². The second-order valence-electron chi connectivity index (χ2n) is 8.64.